The summed E-state index contributed by atoms with van der Waals surface area (Å²) in [6.45, 7) is 2.01. The second-order valence-corrected chi connectivity index (χ2v) is 3.49. The van der Waals surface area contributed by atoms with Crippen LogP contribution in [0.15, 0.2) is 42.1 Å². The van der Waals surface area contributed by atoms with Gasteiger partial charge >= 0.3 is 5.97 Å². The number of nitrogens with one attached hydrogen (secondary N) is 1. The normalized spacial score (nSPS) is 11.4. The van der Waals surface area contributed by atoms with E-state index in [2.05, 4.69) is 10.1 Å². The zero-order chi connectivity index (χ0) is 13.4. The third kappa shape index (κ3) is 4.95. The number of alkyl halides is 2. The predicted molar refractivity (Wildman–Crippen MR) is 64.0 cm³/mol. The fraction of sp³-hybridized carbons (Fsp3) is 0.308. The Kier molecular flexibility index (Phi) is 5.84. The number of benzene rings is 1. The molecule has 1 rings (SSSR count). The van der Waals surface area contributed by atoms with E-state index < -0.39 is 18.1 Å². The van der Waals surface area contributed by atoms with E-state index in [1.54, 1.807) is 19.1 Å². The molecule has 0 saturated heterocycles. The van der Waals surface area contributed by atoms with Gasteiger partial charge in [-0.2, -0.15) is 0 Å². The first-order chi connectivity index (χ1) is 8.63. The number of rotatable bonds is 6. The van der Waals surface area contributed by atoms with Crippen LogP contribution < -0.4 is 5.32 Å². The smallest absolute Gasteiger partial charge is 0.332 e. The molecule has 0 unspecified atom stereocenters. The summed E-state index contributed by atoms with van der Waals surface area (Å²) in [5, 5.41) is 2.54. The van der Waals surface area contributed by atoms with Crippen LogP contribution in [0.1, 0.15) is 12.5 Å². The Morgan fingerprint density at radius 1 is 1.39 bits per heavy atom. The molecule has 1 N–H and O–H groups in total. The molecule has 1 aromatic carbocycles. The van der Waals surface area contributed by atoms with Crippen molar-refractivity contribution in [2.45, 2.75) is 19.9 Å². The third-order valence-electron chi connectivity index (χ3n) is 2.13. The lowest BCUT2D eigenvalue weighted by Crippen LogP contribution is -2.20. The van der Waals surface area contributed by atoms with Crippen molar-refractivity contribution < 1.29 is 18.3 Å². The summed E-state index contributed by atoms with van der Waals surface area (Å²) in [6, 6.07) is 9.08. The standard InChI is InChI=1S/C13H15F2NO2/c1-2-18-12(17)8-11(13(14)15)16-9-10-6-4-3-5-7-10/h3-8,13,16H,2,9H2,1H3/b11-8+. The molecule has 0 aliphatic rings. The average molecular weight is 255 g/mol. The van der Waals surface area contributed by atoms with Gasteiger partial charge in [0, 0.05) is 12.6 Å². The van der Waals surface area contributed by atoms with Crippen molar-refractivity contribution in [3.8, 4) is 0 Å². The number of esters is 1. The van der Waals surface area contributed by atoms with Gasteiger partial charge in [-0.3, -0.25) is 0 Å². The van der Waals surface area contributed by atoms with Crippen molar-refractivity contribution in [1.82, 2.24) is 5.32 Å². The largest absolute Gasteiger partial charge is 0.463 e. The number of halogens is 2. The SMILES string of the molecule is CCOC(=O)/C=C(/NCc1ccccc1)C(F)F. The number of carbonyl (C=O) groups is 1. The minimum absolute atomic E-state index is 0.157. The molecule has 5 heteroatoms. The number of hydrogen-bond donors (Lipinski definition) is 1. The summed E-state index contributed by atoms with van der Waals surface area (Å²) in [5.41, 5.74) is 0.421. The average Bonchev–Trinajstić information content (AvgIpc) is 2.35. The lowest BCUT2D eigenvalue weighted by molar-refractivity contribution is -0.137. The van der Waals surface area contributed by atoms with E-state index in [0.717, 1.165) is 11.6 Å². The van der Waals surface area contributed by atoms with Gasteiger partial charge in [0.05, 0.1) is 12.3 Å². The van der Waals surface area contributed by atoms with Crippen molar-refractivity contribution in [2.24, 2.45) is 0 Å². The Labute approximate surface area is 104 Å². The Morgan fingerprint density at radius 3 is 2.61 bits per heavy atom. The highest BCUT2D eigenvalue weighted by Gasteiger charge is 2.13. The molecule has 3 nitrogen and oxygen atoms in total. The fourth-order valence-corrected chi connectivity index (χ4v) is 1.30. The number of hydrogen-bond acceptors (Lipinski definition) is 3. The topological polar surface area (TPSA) is 38.3 Å². The van der Waals surface area contributed by atoms with Crippen molar-refractivity contribution >= 4 is 5.97 Å². The second-order valence-electron chi connectivity index (χ2n) is 3.49. The Bertz CT molecular complexity index is 405. The lowest BCUT2D eigenvalue weighted by Gasteiger charge is -2.10. The van der Waals surface area contributed by atoms with Crippen LogP contribution in [-0.4, -0.2) is 19.0 Å². The molecule has 0 atom stereocenters. The maximum atomic E-state index is 12.7. The van der Waals surface area contributed by atoms with Gasteiger partial charge in [-0.25, -0.2) is 13.6 Å². The highest BCUT2D eigenvalue weighted by atomic mass is 19.3. The van der Waals surface area contributed by atoms with Crippen LogP contribution in [0.2, 0.25) is 0 Å². The van der Waals surface area contributed by atoms with E-state index >= 15 is 0 Å². The molecular weight excluding hydrogens is 240 g/mol. The van der Waals surface area contributed by atoms with E-state index in [4.69, 9.17) is 0 Å². The minimum Gasteiger partial charge on any atom is -0.463 e. The summed E-state index contributed by atoms with van der Waals surface area (Å²) in [4.78, 5) is 11.1. The highest BCUT2D eigenvalue weighted by Crippen LogP contribution is 2.07. The van der Waals surface area contributed by atoms with Gasteiger partial charge in [0.25, 0.3) is 6.43 Å². The van der Waals surface area contributed by atoms with E-state index in [-0.39, 0.29) is 13.2 Å². The number of ether oxygens (including phenoxy) is 1. The molecule has 0 radical (unpaired) electrons. The maximum Gasteiger partial charge on any atom is 0.332 e. The summed E-state index contributed by atoms with van der Waals surface area (Å²) in [7, 11) is 0. The first kappa shape index (κ1) is 14.2. The van der Waals surface area contributed by atoms with Gasteiger partial charge < -0.3 is 10.1 Å². The zero-order valence-electron chi connectivity index (χ0n) is 10.0. The lowest BCUT2D eigenvalue weighted by atomic mass is 10.2. The Hall–Kier alpha value is -1.91. The molecule has 1 aromatic rings. The van der Waals surface area contributed by atoms with Gasteiger partial charge in [-0.05, 0) is 12.5 Å². The molecule has 0 heterocycles. The molecule has 18 heavy (non-hydrogen) atoms. The molecule has 0 aliphatic heterocycles. The number of carbonyl (C=O) groups excluding carboxylic acids is 1. The van der Waals surface area contributed by atoms with Crippen LogP contribution >= 0.6 is 0 Å². The predicted octanol–water partition coefficient (Wildman–Crippen LogP) is 2.49. The minimum atomic E-state index is -2.74. The van der Waals surface area contributed by atoms with Crippen LogP contribution in [0.5, 0.6) is 0 Å². The van der Waals surface area contributed by atoms with Crippen LogP contribution in [0, 0.1) is 0 Å². The van der Waals surface area contributed by atoms with Crippen LogP contribution in [-0.2, 0) is 16.1 Å². The van der Waals surface area contributed by atoms with Crippen LogP contribution in [0.3, 0.4) is 0 Å². The Morgan fingerprint density at radius 2 is 2.06 bits per heavy atom. The summed E-state index contributed by atoms with van der Waals surface area (Å²) in [6.07, 6.45) is -1.95. The maximum absolute atomic E-state index is 12.7. The first-order valence-corrected chi connectivity index (χ1v) is 5.57. The van der Waals surface area contributed by atoms with E-state index in [1.165, 1.54) is 0 Å². The monoisotopic (exact) mass is 255 g/mol. The quantitative estimate of drug-likeness (QED) is 0.627. The molecule has 0 bridgehead atoms. The summed E-state index contributed by atoms with van der Waals surface area (Å²) >= 11 is 0. The van der Waals surface area contributed by atoms with Gasteiger partial charge in [-0.15, -0.1) is 0 Å². The van der Waals surface area contributed by atoms with E-state index in [1.807, 2.05) is 18.2 Å². The third-order valence-corrected chi connectivity index (χ3v) is 2.13. The van der Waals surface area contributed by atoms with Crippen LogP contribution in [0.25, 0.3) is 0 Å². The summed E-state index contributed by atoms with van der Waals surface area (Å²) < 4.78 is 29.9. The Balaban J connectivity index is 2.61. The molecule has 98 valence electrons. The summed E-state index contributed by atoms with van der Waals surface area (Å²) in [5.74, 6) is -0.770. The van der Waals surface area contributed by atoms with Gasteiger partial charge in [0.15, 0.2) is 0 Å². The van der Waals surface area contributed by atoms with Gasteiger partial charge in [0.2, 0.25) is 0 Å². The van der Waals surface area contributed by atoms with Gasteiger partial charge in [0.1, 0.15) is 0 Å². The molecule has 0 spiro atoms. The molecule has 0 fully saturated rings. The molecule has 0 aromatic heterocycles. The van der Waals surface area contributed by atoms with Crippen molar-refractivity contribution in [3.05, 3.63) is 47.7 Å². The van der Waals surface area contributed by atoms with Crippen molar-refractivity contribution in [2.75, 3.05) is 6.61 Å². The second kappa shape index (κ2) is 7.42. The van der Waals surface area contributed by atoms with Crippen molar-refractivity contribution in [3.63, 3.8) is 0 Å². The molecule has 0 saturated carbocycles. The fourth-order valence-electron chi connectivity index (χ4n) is 1.30. The molecule has 0 aliphatic carbocycles. The zero-order valence-corrected chi connectivity index (χ0v) is 10.0. The van der Waals surface area contributed by atoms with Crippen molar-refractivity contribution in [1.29, 1.82) is 0 Å². The van der Waals surface area contributed by atoms with E-state index in [9.17, 15) is 13.6 Å². The van der Waals surface area contributed by atoms with E-state index in [0.29, 0.717) is 0 Å². The molecule has 0 amide bonds. The molecular formula is C13H15F2NO2. The number of allylic oxidation sites excluding steroid dienone is 1. The van der Waals surface area contributed by atoms with Crippen LogP contribution in [0.4, 0.5) is 8.78 Å². The highest BCUT2D eigenvalue weighted by molar-refractivity contribution is 5.82. The van der Waals surface area contributed by atoms with Gasteiger partial charge in [-0.1, -0.05) is 30.3 Å². The first-order valence-electron chi connectivity index (χ1n) is 5.57.